The Labute approximate surface area is 93.8 Å². The number of hydrogen-bond acceptors (Lipinski definition) is 4. The number of rotatable bonds is 2. The van der Waals surface area contributed by atoms with Gasteiger partial charge < -0.3 is 15.2 Å². The summed E-state index contributed by atoms with van der Waals surface area (Å²) in [4.78, 5) is 4.11. The Balaban J connectivity index is 1.98. The largest absolute Gasteiger partial charge is 0.386 e. The van der Waals surface area contributed by atoms with Gasteiger partial charge in [0.1, 0.15) is 5.44 Å². The monoisotopic (exact) mass is 228 g/mol. The number of fused-ring (bicyclic) bond motifs is 1. The molecule has 0 amide bonds. The Morgan fingerprint density at radius 2 is 2.53 bits per heavy atom. The second kappa shape index (κ2) is 4.55. The highest BCUT2D eigenvalue weighted by Crippen LogP contribution is 2.34. The maximum Gasteiger partial charge on any atom is 0.159 e. The van der Waals surface area contributed by atoms with Crippen LogP contribution >= 0.6 is 11.8 Å². The van der Waals surface area contributed by atoms with Crippen LogP contribution in [0.1, 0.15) is 12.8 Å². The predicted molar refractivity (Wildman–Crippen MR) is 62.0 cm³/mol. The highest BCUT2D eigenvalue weighted by molar-refractivity contribution is 8.14. The molecule has 0 unspecified atom stereocenters. The van der Waals surface area contributed by atoms with Gasteiger partial charge in [-0.25, -0.2) is 0 Å². The van der Waals surface area contributed by atoms with Crippen molar-refractivity contribution in [2.45, 2.75) is 36.5 Å². The Kier molecular flexibility index (Phi) is 3.33. The molecule has 0 aliphatic carbocycles. The lowest BCUT2D eigenvalue weighted by Crippen LogP contribution is -2.43. The summed E-state index contributed by atoms with van der Waals surface area (Å²) >= 11 is 1.60. The minimum Gasteiger partial charge on any atom is -0.386 e. The Morgan fingerprint density at radius 3 is 3.20 bits per heavy atom. The average Bonchev–Trinajstić information content (AvgIpc) is 2.69. The third kappa shape index (κ3) is 2.19. The number of aliphatic hydroxyl groups is 1. The standard InChI is InChI=1S/C10H16N2O2S/c1-3-7(13)8-5-4-6-9(14-8)15-10(11-2)12-6/h3,6-9,13H,1,4-5H2,2H3,(H,11,12)/t6-,7-,8-,9-/m1/s1. The Hall–Kier alpha value is -0.520. The molecule has 4 atom stereocenters. The first-order valence-corrected chi connectivity index (χ1v) is 5.98. The number of nitrogens with one attached hydrogen (secondary N) is 1. The quantitative estimate of drug-likeness (QED) is 0.684. The summed E-state index contributed by atoms with van der Waals surface area (Å²) in [6.07, 6.45) is 2.72. The van der Waals surface area contributed by atoms with Gasteiger partial charge in [-0.1, -0.05) is 17.8 Å². The van der Waals surface area contributed by atoms with E-state index in [0.29, 0.717) is 6.04 Å². The smallest absolute Gasteiger partial charge is 0.159 e. The average molecular weight is 228 g/mol. The summed E-state index contributed by atoms with van der Waals surface area (Å²) in [7, 11) is 1.77. The van der Waals surface area contributed by atoms with Gasteiger partial charge in [0.15, 0.2) is 5.17 Å². The zero-order chi connectivity index (χ0) is 10.8. The SMILES string of the molecule is C=C[C@@H](O)[C@H]1CC[C@H]2NC(=NC)S[C@H]2O1. The lowest BCUT2D eigenvalue weighted by Gasteiger charge is -2.32. The lowest BCUT2D eigenvalue weighted by atomic mass is 10.0. The van der Waals surface area contributed by atoms with Gasteiger partial charge in [0.25, 0.3) is 0 Å². The fraction of sp³-hybridized carbons (Fsp3) is 0.700. The number of amidine groups is 1. The molecule has 0 aromatic rings. The molecule has 2 aliphatic heterocycles. The van der Waals surface area contributed by atoms with Crippen LogP contribution in [0.2, 0.25) is 0 Å². The molecular formula is C10H16N2O2S. The van der Waals surface area contributed by atoms with E-state index in [1.54, 1.807) is 18.8 Å². The molecule has 0 aromatic carbocycles. The van der Waals surface area contributed by atoms with Crippen molar-refractivity contribution in [1.29, 1.82) is 0 Å². The second-order valence-corrected chi connectivity index (χ2v) is 4.83. The molecule has 0 aromatic heterocycles. The van der Waals surface area contributed by atoms with Crippen LogP contribution in [-0.2, 0) is 4.74 Å². The molecule has 4 nitrogen and oxygen atoms in total. The molecule has 0 bridgehead atoms. The van der Waals surface area contributed by atoms with E-state index < -0.39 is 6.10 Å². The zero-order valence-electron chi connectivity index (χ0n) is 8.72. The van der Waals surface area contributed by atoms with E-state index in [1.165, 1.54) is 6.08 Å². The van der Waals surface area contributed by atoms with Gasteiger partial charge in [-0.05, 0) is 12.8 Å². The lowest BCUT2D eigenvalue weighted by molar-refractivity contribution is -0.0660. The van der Waals surface area contributed by atoms with E-state index in [-0.39, 0.29) is 11.5 Å². The molecule has 5 heteroatoms. The number of thioether (sulfide) groups is 1. The minimum atomic E-state index is -0.561. The first kappa shape index (κ1) is 11.0. The highest BCUT2D eigenvalue weighted by Gasteiger charge is 2.39. The fourth-order valence-electron chi connectivity index (χ4n) is 1.89. The van der Waals surface area contributed by atoms with E-state index in [9.17, 15) is 5.11 Å². The van der Waals surface area contributed by atoms with Gasteiger partial charge >= 0.3 is 0 Å². The summed E-state index contributed by atoms with van der Waals surface area (Å²) in [5.41, 5.74) is 0.0806. The number of ether oxygens (including phenoxy) is 1. The first-order chi connectivity index (χ1) is 7.24. The molecule has 0 spiro atoms. The fourth-order valence-corrected chi connectivity index (χ4v) is 3.00. The third-order valence-electron chi connectivity index (χ3n) is 2.76. The maximum absolute atomic E-state index is 9.62. The summed E-state index contributed by atoms with van der Waals surface area (Å²) in [6, 6.07) is 0.335. The third-order valence-corrected chi connectivity index (χ3v) is 3.96. The van der Waals surface area contributed by atoms with Crippen LogP contribution in [0.5, 0.6) is 0 Å². The molecular weight excluding hydrogens is 212 g/mol. The molecule has 2 fully saturated rings. The van der Waals surface area contributed by atoms with Crippen LogP contribution in [-0.4, -0.2) is 41.0 Å². The van der Waals surface area contributed by atoms with Crippen molar-refractivity contribution in [1.82, 2.24) is 5.32 Å². The minimum absolute atomic E-state index is 0.0806. The van der Waals surface area contributed by atoms with Crippen LogP contribution in [0, 0.1) is 0 Å². The van der Waals surface area contributed by atoms with Crippen LogP contribution in [0.3, 0.4) is 0 Å². The highest BCUT2D eigenvalue weighted by atomic mass is 32.2. The van der Waals surface area contributed by atoms with Gasteiger partial charge in [0.05, 0.1) is 18.2 Å². The topological polar surface area (TPSA) is 53.8 Å². The number of aliphatic imine (C=N–C) groups is 1. The predicted octanol–water partition coefficient (Wildman–Crippen LogP) is 0.729. The van der Waals surface area contributed by atoms with E-state index in [1.807, 2.05) is 0 Å². The van der Waals surface area contributed by atoms with Crippen LogP contribution in [0.4, 0.5) is 0 Å². The molecule has 2 saturated heterocycles. The second-order valence-electron chi connectivity index (χ2n) is 3.74. The molecule has 0 saturated carbocycles. The van der Waals surface area contributed by atoms with E-state index in [2.05, 4.69) is 16.9 Å². The Bertz CT molecular complexity index is 283. The zero-order valence-corrected chi connectivity index (χ0v) is 9.54. The number of hydrogen-bond donors (Lipinski definition) is 2. The first-order valence-electron chi connectivity index (χ1n) is 5.10. The summed E-state index contributed by atoms with van der Waals surface area (Å²) < 4.78 is 5.79. The molecule has 2 N–H and O–H groups in total. The number of nitrogens with zero attached hydrogens (tertiary/aromatic N) is 1. The molecule has 2 aliphatic rings. The molecule has 2 rings (SSSR count). The van der Waals surface area contributed by atoms with Gasteiger partial charge in [0.2, 0.25) is 0 Å². The van der Waals surface area contributed by atoms with E-state index >= 15 is 0 Å². The molecule has 15 heavy (non-hydrogen) atoms. The normalized spacial score (nSPS) is 39.6. The molecule has 0 radical (unpaired) electrons. The van der Waals surface area contributed by atoms with E-state index in [0.717, 1.165) is 18.0 Å². The summed E-state index contributed by atoms with van der Waals surface area (Å²) in [6.45, 7) is 3.58. The van der Waals surface area contributed by atoms with Gasteiger partial charge in [-0.3, -0.25) is 4.99 Å². The van der Waals surface area contributed by atoms with Crippen molar-refractivity contribution in [2.24, 2.45) is 4.99 Å². The van der Waals surface area contributed by atoms with Gasteiger partial charge in [-0.15, -0.1) is 6.58 Å². The summed E-state index contributed by atoms with van der Waals surface area (Å²) in [5.74, 6) is 0. The van der Waals surface area contributed by atoms with Crippen molar-refractivity contribution in [3.8, 4) is 0 Å². The van der Waals surface area contributed by atoms with E-state index in [4.69, 9.17) is 4.74 Å². The van der Waals surface area contributed by atoms with Gasteiger partial charge in [-0.2, -0.15) is 0 Å². The maximum atomic E-state index is 9.62. The van der Waals surface area contributed by atoms with Gasteiger partial charge in [0, 0.05) is 7.05 Å². The Morgan fingerprint density at radius 1 is 1.73 bits per heavy atom. The number of aliphatic hydroxyl groups excluding tert-OH is 1. The molecule has 2 heterocycles. The van der Waals surface area contributed by atoms with Crippen molar-refractivity contribution in [3.05, 3.63) is 12.7 Å². The molecule has 84 valence electrons. The van der Waals surface area contributed by atoms with Crippen LogP contribution in [0.25, 0.3) is 0 Å². The van der Waals surface area contributed by atoms with Crippen molar-refractivity contribution in [3.63, 3.8) is 0 Å². The van der Waals surface area contributed by atoms with Crippen LogP contribution in [0.15, 0.2) is 17.6 Å². The van der Waals surface area contributed by atoms with Crippen molar-refractivity contribution < 1.29 is 9.84 Å². The van der Waals surface area contributed by atoms with Crippen molar-refractivity contribution >= 4 is 16.9 Å². The van der Waals surface area contributed by atoms with Crippen LogP contribution < -0.4 is 5.32 Å². The summed E-state index contributed by atoms with van der Waals surface area (Å²) in [5, 5.41) is 13.9. The van der Waals surface area contributed by atoms with Crippen molar-refractivity contribution in [2.75, 3.05) is 7.05 Å².